The number of hydrogen-bond acceptors (Lipinski definition) is 4. The van der Waals surface area contributed by atoms with Gasteiger partial charge in [0.05, 0.1) is 7.11 Å². The zero-order valence-electron chi connectivity index (χ0n) is 12.5. The van der Waals surface area contributed by atoms with E-state index in [1.54, 1.807) is 13.2 Å². The predicted molar refractivity (Wildman–Crippen MR) is 86.2 cm³/mol. The number of nitrogens with zero attached hydrogens (tertiary/aromatic N) is 1. The van der Waals surface area contributed by atoms with Gasteiger partial charge in [-0.2, -0.15) is 0 Å². The Bertz CT molecular complexity index is 741. The minimum Gasteiger partial charge on any atom is -0.496 e. The summed E-state index contributed by atoms with van der Waals surface area (Å²) in [5.74, 6) is 1.19. The lowest BCUT2D eigenvalue weighted by atomic mass is 10.0. The average molecular weight is 321 g/mol. The molecule has 116 valence electrons. The molecule has 1 N–H and O–H groups in total. The van der Waals surface area contributed by atoms with E-state index in [0.29, 0.717) is 17.9 Å². The van der Waals surface area contributed by atoms with Crippen LogP contribution in [0, 0.1) is 0 Å². The van der Waals surface area contributed by atoms with Crippen LogP contribution >= 0.6 is 11.6 Å². The fourth-order valence-electron chi connectivity index (χ4n) is 2.13. The fourth-order valence-corrected chi connectivity index (χ4v) is 2.27. The first-order valence-electron chi connectivity index (χ1n) is 6.83. The molecule has 22 heavy (non-hydrogen) atoms. The smallest absolute Gasteiger partial charge is 0.285 e. The molecule has 2 rings (SSSR count). The highest BCUT2D eigenvalue weighted by Gasteiger charge is 2.16. The topological polar surface area (TPSA) is 64.2 Å². The Hall–Kier alpha value is -2.27. The van der Waals surface area contributed by atoms with Crippen molar-refractivity contribution in [3.05, 3.63) is 57.4 Å². The lowest BCUT2D eigenvalue weighted by Gasteiger charge is -2.16. The summed E-state index contributed by atoms with van der Waals surface area (Å²) in [7, 11) is 1.59. The van der Waals surface area contributed by atoms with Gasteiger partial charge in [-0.25, -0.2) is 0 Å². The molecule has 1 aromatic heterocycles. The highest BCUT2D eigenvalue weighted by molar-refractivity contribution is 6.29. The number of aryl methyl sites for hydroxylation is 1. The second-order valence-corrected chi connectivity index (χ2v) is 4.98. The molecule has 0 aliphatic carbocycles. The fraction of sp³-hybridized carbons (Fsp3) is 0.250. The SMILES string of the molecule is C=CCc1c(OC)ccc(CC)c1Oc1n[nH]c(Cl)cc1=O. The highest BCUT2D eigenvalue weighted by Crippen LogP contribution is 2.35. The molecule has 0 bridgehead atoms. The summed E-state index contributed by atoms with van der Waals surface area (Å²) in [4.78, 5) is 11.9. The van der Waals surface area contributed by atoms with Crippen molar-refractivity contribution < 1.29 is 9.47 Å². The largest absolute Gasteiger partial charge is 0.496 e. The molecule has 0 aliphatic rings. The van der Waals surface area contributed by atoms with Gasteiger partial charge in [-0.1, -0.05) is 30.7 Å². The van der Waals surface area contributed by atoms with Gasteiger partial charge in [-0.05, 0) is 24.5 Å². The molecular formula is C16H17ClN2O3. The van der Waals surface area contributed by atoms with Crippen molar-refractivity contribution in [2.45, 2.75) is 19.8 Å². The Morgan fingerprint density at radius 3 is 2.82 bits per heavy atom. The molecule has 6 heteroatoms. The maximum Gasteiger partial charge on any atom is 0.285 e. The van der Waals surface area contributed by atoms with Crippen LogP contribution in [0.5, 0.6) is 17.4 Å². The third kappa shape index (κ3) is 3.31. The van der Waals surface area contributed by atoms with E-state index in [4.69, 9.17) is 21.1 Å². The molecule has 1 heterocycles. The Kier molecular flexibility index (Phi) is 5.22. The van der Waals surface area contributed by atoms with Crippen LogP contribution in [0.15, 0.2) is 35.6 Å². The number of nitrogens with one attached hydrogen (secondary N) is 1. The van der Waals surface area contributed by atoms with Crippen LogP contribution in [0.3, 0.4) is 0 Å². The molecule has 0 fully saturated rings. The summed E-state index contributed by atoms with van der Waals surface area (Å²) in [6, 6.07) is 5.01. The van der Waals surface area contributed by atoms with E-state index in [-0.39, 0.29) is 11.0 Å². The van der Waals surface area contributed by atoms with E-state index in [9.17, 15) is 4.79 Å². The number of aromatic nitrogens is 2. The normalized spacial score (nSPS) is 10.3. The maximum absolute atomic E-state index is 11.9. The van der Waals surface area contributed by atoms with Gasteiger partial charge in [0.15, 0.2) is 0 Å². The summed E-state index contributed by atoms with van der Waals surface area (Å²) < 4.78 is 11.1. The first-order chi connectivity index (χ1) is 10.6. The molecule has 0 unspecified atom stereocenters. The van der Waals surface area contributed by atoms with Crippen molar-refractivity contribution in [3.63, 3.8) is 0 Å². The molecular weight excluding hydrogens is 304 g/mol. The minimum absolute atomic E-state index is 0.0577. The molecule has 0 spiro atoms. The highest BCUT2D eigenvalue weighted by atomic mass is 35.5. The van der Waals surface area contributed by atoms with E-state index < -0.39 is 5.43 Å². The molecule has 0 atom stereocenters. The second kappa shape index (κ2) is 7.13. The number of aromatic amines is 1. The Morgan fingerprint density at radius 2 is 2.23 bits per heavy atom. The van der Waals surface area contributed by atoms with Gasteiger partial charge in [-0.3, -0.25) is 9.89 Å². The molecule has 0 saturated carbocycles. The summed E-state index contributed by atoms with van der Waals surface area (Å²) in [6.07, 6.45) is 3.05. The van der Waals surface area contributed by atoms with Crippen LogP contribution in [-0.4, -0.2) is 17.3 Å². The number of hydrogen-bond donors (Lipinski definition) is 1. The van der Waals surface area contributed by atoms with Crippen molar-refractivity contribution in [2.75, 3.05) is 7.11 Å². The van der Waals surface area contributed by atoms with E-state index in [1.807, 2.05) is 19.1 Å². The van der Waals surface area contributed by atoms with Gasteiger partial charge in [0.25, 0.3) is 5.88 Å². The van der Waals surface area contributed by atoms with Gasteiger partial charge in [0.2, 0.25) is 5.43 Å². The molecule has 0 aliphatic heterocycles. The summed E-state index contributed by atoms with van der Waals surface area (Å²) >= 11 is 5.70. The van der Waals surface area contributed by atoms with Gasteiger partial charge < -0.3 is 9.47 Å². The Labute approximate surface area is 133 Å². The van der Waals surface area contributed by atoms with Crippen molar-refractivity contribution in [3.8, 4) is 17.4 Å². The van der Waals surface area contributed by atoms with Crippen LogP contribution in [0.4, 0.5) is 0 Å². The Morgan fingerprint density at radius 1 is 1.45 bits per heavy atom. The van der Waals surface area contributed by atoms with Gasteiger partial charge in [0, 0.05) is 11.6 Å². The Balaban J connectivity index is 2.56. The summed E-state index contributed by atoms with van der Waals surface area (Å²) in [6.45, 7) is 5.76. The molecule has 0 saturated heterocycles. The van der Waals surface area contributed by atoms with Gasteiger partial charge in [-0.15, -0.1) is 11.7 Å². The first-order valence-corrected chi connectivity index (χ1v) is 7.21. The van der Waals surface area contributed by atoms with Crippen molar-refractivity contribution in [2.24, 2.45) is 0 Å². The number of benzene rings is 1. The summed E-state index contributed by atoms with van der Waals surface area (Å²) in [5, 5.41) is 6.52. The number of methoxy groups -OCH3 is 1. The molecule has 1 aromatic carbocycles. The first kappa shape index (κ1) is 16.1. The number of halogens is 1. The zero-order chi connectivity index (χ0) is 16.1. The van der Waals surface area contributed by atoms with E-state index in [2.05, 4.69) is 16.8 Å². The number of rotatable bonds is 6. The van der Waals surface area contributed by atoms with Crippen LogP contribution < -0.4 is 14.9 Å². The van der Waals surface area contributed by atoms with Gasteiger partial charge in [0.1, 0.15) is 16.7 Å². The van der Waals surface area contributed by atoms with Crippen molar-refractivity contribution in [1.29, 1.82) is 0 Å². The van der Waals surface area contributed by atoms with Crippen LogP contribution in [0.25, 0.3) is 0 Å². The van der Waals surface area contributed by atoms with Crippen LogP contribution in [0.1, 0.15) is 18.1 Å². The van der Waals surface area contributed by atoms with E-state index >= 15 is 0 Å². The lowest BCUT2D eigenvalue weighted by molar-refractivity contribution is 0.397. The van der Waals surface area contributed by atoms with Crippen molar-refractivity contribution in [1.82, 2.24) is 10.2 Å². The monoisotopic (exact) mass is 320 g/mol. The summed E-state index contributed by atoms with van der Waals surface area (Å²) in [5.41, 5.74) is 1.39. The zero-order valence-corrected chi connectivity index (χ0v) is 13.2. The molecule has 2 aromatic rings. The third-order valence-electron chi connectivity index (χ3n) is 3.18. The van der Waals surface area contributed by atoms with E-state index in [0.717, 1.165) is 17.5 Å². The third-order valence-corrected chi connectivity index (χ3v) is 3.37. The van der Waals surface area contributed by atoms with Gasteiger partial charge >= 0.3 is 0 Å². The molecule has 0 amide bonds. The number of allylic oxidation sites excluding steroid dienone is 1. The minimum atomic E-state index is -0.391. The van der Waals surface area contributed by atoms with Crippen LogP contribution in [0.2, 0.25) is 5.15 Å². The van der Waals surface area contributed by atoms with E-state index in [1.165, 1.54) is 6.07 Å². The maximum atomic E-state index is 11.9. The van der Waals surface area contributed by atoms with Crippen LogP contribution in [-0.2, 0) is 12.8 Å². The standard InChI is InChI=1S/C16H17ClN2O3/c1-4-6-11-13(21-3)8-7-10(5-2)15(11)22-16-12(20)9-14(17)18-19-16/h4,7-9H,1,5-6H2,2-3H3,(H,18,20). The second-order valence-electron chi connectivity index (χ2n) is 4.57. The lowest BCUT2D eigenvalue weighted by Crippen LogP contribution is -2.09. The molecule has 5 nitrogen and oxygen atoms in total. The average Bonchev–Trinajstić information content (AvgIpc) is 2.51. The number of ether oxygens (including phenoxy) is 2. The van der Waals surface area contributed by atoms with Crippen molar-refractivity contribution >= 4 is 11.6 Å². The predicted octanol–water partition coefficient (Wildman–Crippen LogP) is 3.52. The molecule has 0 radical (unpaired) electrons. The quantitative estimate of drug-likeness (QED) is 0.827. The number of H-pyrrole nitrogens is 1.